The Bertz CT molecular complexity index is 1420. The number of nitrogens with one attached hydrogen (secondary N) is 3. The Labute approximate surface area is 231 Å². The van der Waals surface area contributed by atoms with Gasteiger partial charge in [0.1, 0.15) is 18.9 Å². The van der Waals surface area contributed by atoms with Crippen LogP contribution >= 0.6 is 23.2 Å². The highest BCUT2D eigenvalue weighted by atomic mass is 35.5. The van der Waals surface area contributed by atoms with E-state index in [1.54, 1.807) is 5.32 Å². The zero-order valence-corrected chi connectivity index (χ0v) is 22.0. The summed E-state index contributed by atoms with van der Waals surface area (Å²) >= 11 is 12.6. The average Bonchev–Trinajstić information content (AvgIpc) is 3.15. The van der Waals surface area contributed by atoms with Crippen LogP contribution in [0, 0.1) is 0 Å². The van der Waals surface area contributed by atoms with Gasteiger partial charge in [0.2, 0.25) is 5.95 Å². The Morgan fingerprint density at radius 1 is 1.10 bits per heavy atom. The SMILES string of the molecule is Cn1c(Nc2c(Cl)ccc(CNC(=O)C(C)(F)F)c2Cl)nc2cc(C(=O)NCC(F)(F)F)c(OCC(F)F)cc21. The van der Waals surface area contributed by atoms with Crippen LogP contribution in [-0.2, 0) is 18.4 Å². The molecule has 0 fully saturated rings. The van der Waals surface area contributed by atoms with Crippen molar-refractivity contribution in [2.24, 2.45) is 7.05 Å². The summed E-state index contributed by atoms with van der Waals surface area (Å²) in [6, 6.07) is 4.99. The molecule has 0 spiro atoms. The van der Waals surface area contributed by atoms with E-state index in [9.17, 15) is 40.3 Å². The summed E-state index contributed by atoms with van der Waals surface area (Å²) in [4.78, 5) is 28.2. The van der Waals surface area contributed by atoms with Gasteiger partial charge in [-0.25, -0.2) is 13.8 Å². The van der Waals surface area contributed by atoms with E-state index in [-0.39, 0.29) is 44.8 Å². The molecule has 0 bridgehead atoms. The maximum atomic E-state index is 13.2. The number of amides is 2. The van der Waals surface area contributed by atoms with E-state index < -0.39 is 54.8 Å². The van der Waals surface area contributed by atoms with Crippen LogP contribution in [0.2, 0.25) is 10.0 Å². The number of aromatic nitrogens is 2. The number of aryl methyl sites for hydroxylation is 1. The largest absolute Gasteiger partial charge is 0.487 e. The van der Waals surface area contributed by atoms with Crippen LogP contribution in [-0.4, -0.2) is 53.0 Å². The van der Waals surface area contributed by atoms with Gasteiger partial charge in [-0.15, -0.1) is 0 Å². The second-order valence-electron chi connectivity index (χ2n) is 8.42. The molecule has 0 aliphatic heterocycles. The van der Waals surface area contributed by atoms with Gasteiger partial charge in [0, 0.05) is 26.6 Å². The number of halogens is 9. The van der Waals surface area contributed by atoms with Crippen molar-refractivity contribution in [2.75, 3.05) is 18.5 Å². The Hall–Kier alpha value is -3.46. The van der Waals surface area contributed by atoms with Gasteiger partial charge in [-0.3, -0.25) is 9.59 Å². The molecule has 1 heterocycles. The van der Waals surface area contributed by atoms with Crippen LogP contribution in [0.5, 0.6) is 5.75 Å². The summed E-state index contributed by atoms with van der Waals surface area (Å²) in [6.07, 6.45) is -7.66. The van der Waals surface area contributed by atoms with Gasteiger partial charge in [-0.1, -0.05) is 29.3 Å². The van der Waals surface area contributed by atoms with E-state index >= 15 is 0 Å². The van der Waals surface area contributed by atoms with Crippen LogP contribution in [0.4, 0.5) is 42.4 Å². The molecule has 0 aliphatic rings. The minimum atomic E-state index is -4.72. The molecule has 2 aromatic carbocycles. The number of alkyl halides is 7. The molecule has 0 saturated heterocycles. The molecule has 0 atom stereocenters. The predicted octanol–water partition coefficient (Wildman–Crippen LogP) is 5.83. The van der Waals surface area contributed by atoms with Gasteiger partial charge in [-0.2, -0.15) is 22.0 Å². The lowest BCUT2D eigenvalue weighted by Gasteiger charge is -2.15. The number of nitrogens with zero attached hydrogens (tertiary/aromatic N) is 2. The van der Waals surface area contributed by atoms with Crippen molar-refractivity contribution in [2.45, 2.75) is 32.0 Å². The first kappa shape index (κ1) is 31.1. The molecule has 0 saturated carbocycles. The van der Waals surface area contributed by atoms with Crippen molar-refractivity contribution in [3.05, 3.63) is 45.4 Å². The smallest absolute Gasteiger partial charge is 0.405 e. The molecule has 17 heteroatoms. The predicted molar refractivity (Wildman–Crippen MR) is 133 cm³/mol. The fraction of sp³-hybridized carbons (Fsp3) is 0.348. The van der Waals surface area contributed by atoms with Gasteiger partial charge in [0.15, 0.2) is 0 Å². The van der Waals surface area contributed by atoms with E-state index in [0.29, 0.717) is 6.92 Å². The maximum Gasteiger partial charge on any atom is 0.405 e. The van der Waals surface area contributed by atoms with Gasteiger partial charge in [0.25, 0.3) is 18.2 Å². The number of rotatable bonds is 10. The van der Waals surface area contributed by atoms with Crippen LogP contribution < -0.4 is 20.7 Å². The van der Waals surface area contributed by atoms with E-state index in [1.807, 2.05) is 5.32 Å². The van der Waals surface area contributed by atoms with Crippen LogP contribution in [0.15, 0.2) is 24.3 Å². The highest BCUT2D eigenvalue weighted by Crippen LogP contribution is 2.37. The molecule has 3 N–H and O–H groups in total. The van der Waals surface area contributed by atoms with E-state index in [4.69, 9.17) is 27.9 Å². The fourth-order valence-electron chi connectivity index (χ4n) is 3.35. The summed E-state index contributed by atoms with van der Waals surface area (Å²) in [7, 11) is 1.48. The quantitative estimate of drug-likeness (QED) is 0.249. The summed E-state index contributed by atoms with van der Waals surface area (Å²) in [5.41, 5.74) is 0.0984. The molecule has 3 aromatic rings. The van der Waals surface area contributed by atoms with E-state index in [2.05, 4.69) is 10.3 Å². The minimum absolute atomic E-state index is 0.0349. The first-order chi connectivity index (χ1) is 18.5. The molecule has 2 amide bonds. The topological polar surface area (TPSA) is 97.3 Å². The minimum Gasteiger partial charge on any atom is -0.487 e. The van der Waals surface area contributed by atoms with Crippen LogP contribution in [0.1, 0.15) is 22.8 Å². The summed E-state index contributed by atoms with van der Waals surface area (Å²) in [5.74, 6) is -6.75. The molecule has 1 aromatic heterocycles. The number of anilines is 2. The van der Waals surface area contributed by atoms with Crippen LogP contribution in [0.3, 0.4) is 0 Å². The Morgan fingerprint density at radius 3 is 2.38 bits per heavy atom. The molecule has 0 aliphatic carbocycles. The van der Waals surface area contributed by atoms with Crippen molar-refractivity contribution in [3.8, 4) is 5.75 Å². The molecule has 8 nitrogen and oxygen atoms in total. The van der Waals surface area contributed by atoms with Crippen molar-refractivity contribution in [1.82, 2.24) is 20.2 Å². The number of fused-ring (bicyclic) bond motifs is 1. The zero-order chi connectivity index (χ0) is 30.0. The normalized spacial score (nSPS) is 12.1. The molecule has 0 unspecified atom stereocenters. The molecule has 3 rings (SSSR count). The number of imidazole rings is 1. The highest BCUT2D eigenvalue weighted by Gasteiger charge is 2.32. The summed E-state index contributed by atoms with van der Waals surface area (Å²) in [5, 5.41) is 6.55. The van der Waals surface area contributed by atoms with E-state index in [0.717, 1.165) is 12.1 Å². The monoisotopic (exact) mass is 617 g/mol. The Balaban J connectivity index is 1.98. The molecular formula is C23H20Cl2F7N5O3. The van der Waals surface area contributed by atoms with Crippen LogP contribution in [0.25, 0.3) is 11.0 Å². The van der Waals surface area contributed by atoms with Gasteiger partial charge in [-0.05, 0) is 17.7 Å². The van der Waals surface area contributed by atoms with E-state index in [1.165, 1.54) is 23.7 Å². The number of carbonyl (C=O) groups is 2. The number of hydrogen-bond acceptors (Lipinski definition) is 5. The molecule has 218 valence electrons. The number of hydrogen-bond donors (Lipinski definition) is 3. The van der Waals surface area contributed by atoms with Gasteiger partial charge >= 0.3 is 12.1 Å². The van der Waals surface area contributed by atoms with Gasteiger partial charge in [0.05, 0.1) is 32.3 Å². The third-order valence-corrected chi connectivity index (χ3v) is 6.03. The summed E-state index contributed by atoms with van der Waals surface area (Å²) < 4.78 is 96.0. The van der Waals surface area contributed by atoms with Gasteiger partial charge < -0.3 is 25.3 Å². The molecule has 0 radical (unpaired) electrons. The molecular weight excluding hydrogens is 598 g/mol. The summed E-state index contributed by atoms with van der Waals surface area (Å²) in [6.45, 7) is -2.74. The van der Waals surface area contributed by atoms with Crippen molar-refractivity contribution in [3.63, 3.8) is 0 Å². The second-order valence-corrected chi connectivity index (χ2v) is 9.21. The lowest BCUT2D eigenvalue weighted by molar-refractivity contribution is -0.143. The highest BCUT2D eigenvalue weighted by molar-refractivity contribution is 6.39. The lowest BCUT2D eigenvalue weighted by Crippen LogP contribution is -2.37. The Kier molecular flexibility index (Phi) is 9.29. The third kappa shape index (κ3) is 7.59. The van der Waals surface area contributed by atoms with Crippen molar-refractivity contribution < 1.29 is 45.1 Å². The van der Waals surface area contributed by atoms with Crippen molar-refractivity contribution >= 4 is 57.7 Å². The maximum absolute atomic E-state index is 13.2. The lowest BCUT2D eigenvalue weighted by atomic mass is 10.1. The number of benzene rings is 2. The second kappa shape index (κ2) is 12.0. The first-order valence-corrected chi connectivity index (χ1v) is 11.9. The fourth-order valence-corrected chi connectivity index (χ4v) is 3.88. The molecule has 40 heavy (non-hydrogen) atoms. The number of ether oxygens (including phenoxy) is 1. The Morgan fingerprint density at radius 2 is 1.77 bits per heavy atom. The zero-order valence-electron chi connectivity index (χ0n) is 20.5. The third-order valence-electron chi connectivity index (χ3n) is 5.29. The average molecular weight is 618 g/mol. The standard InChI is InChI=1S/C23H20Cl2F7N5O3/c1-22(28,29)20(39)33-7-10-3-4-12(24)18(17(10)25)36-21-35-13-5-11(19(38)34-9-23(30,31)32)15(40-8-16(26)27)6-14(13)37(21)2/h3-6,16H,7-9H2,1-2H3,(H,33,39)(H,34,38)(H,35,36). The number of carbonyl (C=O) groups excluding carboxylic acids is 2. The first-order valence-electron chi connectivity index (χ1n) is 11.1. The van der Waals surface area contributed by atoms with Crippen molar-refractivity contribution in [1.29, 1.82) is 0 Å².